The van der Waals surface area contributed by atoms with Gasteiger partial charge >= 0.3 is 0 Å². The molecule has 0 fully saturated rings. The van der Waals surface area contributed by atoms with Gasteiger partial charge in [-0.1, -0.05) is 12.1 Å². The van der Waals surface area contributed by atoms with Crippen LogP contribution in [0.25, 0.3) is 0 Å². The lowest BCUT2D eigenvalue weighted by Gasteiger charge is -2.09. The topological polar surface area (TPSA) is 50.4 Å². The summed E-state index contributed by atoms with van der Waals surface area (Å²) in [6.45, 7) is 5.55. The smallest absolute Gasteiger partial charge is 0.233 e. The van der Waals surface area contributed by atoms with Crippen LogP contribution >= 0.6 is 0 Å². The van der Waals surface area contributed by atoms with Crippen LogP contribution < -0.4 is 10.6 Å². The Bertz CT molecular complexity index is 426. The second kappa shape index (κ2) is 8.66. The Hall–Kier alpha value is -1.46. The molecule has 0 radical (unpaired) electrons. The number of methoxy groups -OCH3 is 1. The quantitative estimate of drug-likeness (QED) is 0.713. The Kier molecular flexibility index (Phi) is 7.18. The summed E-state index contributed by atoms with van der Waals surface area (Å²) in [5, 5.41) is 5.84. The van der Waals surface area contributed by atoms with Crippen LogP contribution in [0.2, 0.25) is 0 Å². The van der Waals surface area contributed by atoms with E-state index in [1.165, 1.54) is 0 Å². The van der Waals surface area contributed by atoms with Crippen LogP contribution in [-0.2, 0) is 16.1 Å². The lowest BCUT2D eigenvalue weighted by molar-refractivity contribution is -0.120. The first-order chi connectivity index (χ1) is 9.54. The molecule has 1 aromatic rings. The lowest BCUT2D eigenvalue weighted by atomic mass is 10.1. The number of halogens is 1. The molecule has 20 heavy (non-hydrogen) atoms. The molecular formula is C15H23FN2O2. The van der Waals surface area contributed by atoms with Crippen molar-refractivity contribution in [2.75, 3.05) is 26.8 Å². The fourth-order valence-corrected chi connectivity index (χ4v) is 1.96. The van der Waals surface area contributed by atoms with Gasteiger partial charge in [0.15, 0.2) is 0 Å². The largest absolute Gasteiger partial charge is 0.385 e. The van der Waals surface area contributed by atoms with E-state index < -0.39 is 0 Å². The first-order valence-corrected chi connectivity index (χ1v) is 6.76. The van der Waals surface area contributed by atoms with Crippen LogP contribution in [0, 0.1) is 19.7 Å². The van der Waals surface area contributed by atoms with Gasteiger partial charge in [-0.25, -0.2) is 4.39 Å². The molecule has 0 aliphatic rings. The van der Waals surface area contributed by atoms with Gasteiger partial charge in [-0.3, -0.25) is 4.79 Å². The molecule has 4 nitrogen and oxygen atoms in total. The van der Waals surface area contributed by atoms with Crippen molar-refractivity contribution in [1.82, 2.24) is 10.6 Å². The van der Waals surface area contributed by atoms with Crippen molar-refractivity contribution in [2.24, 2.45) is 0 Å². The number of benzene rings is 1. The standard InChI is InChI=1S/C15H23FN2O2/c1-11-7-13(8-12(2)15(11)16)9-17-10-14(19)18-5-4-6-20-3/h7-8,17H,4-6,9-10H2,1-3H3,(H,18,19). The molecule has 112 valence electrons. The van der Waals surface area contributed by atoms with Crippen LogP contribution in [0.3, 0.4) is 0 Å². The predicted octanol–water partition coefficient (Wildman–Crippen LogP) is 1.68. The number of rotatable bonds is 8. The number of carbonyl (C=O) groups excluding carboxylic acids is 1. The van der Waals surface area contributed by atoms with E-state index in [0.29, 0.717) is 30.8 Å². The zero-order valence-electron chi connectivity index (χ0n) is 12.4. The van der Waals surface area contributed by atoms with E-state index in [1.807, 2.05) is 0 Å². The molecule has 0 spiro atoms. The van der Waals surface area contributed by atoms with Gasteiger partial charge in [0.25, 0.3) is 0 Å². The molecule has 0 aliphatic heterocycles. The maximum Gasteiger partial charge on any atom is 0.233 e. The van der Waals surface area contributed by atoms with Crippen molar-refractivity contribution in [3.63, 3.8) is 0 Å². The first-order valence-electron chi connectivity index (χ1n) is 6.76. The highest BCUT2D eigenvalue weighted by Gasteiger charge is 2.05. The lowest BCUT2D eigenvalue weighted by Crippen LogP contribution is -2.34. The van der Waals surface area contributed by atoms with Crippen LogP contribution in [-0.4, -0.2) is 32.7 Å². The van der Waals surface area contributed by atoms with Gasteiger partial charge in [-0.2, -0.15) is 0 Å². The molecular weight excluding hydrogens is 259 g/mol. The average molecular weight is 282 g/mol. The summed E-state index contributed by atoms with van der Waals surface area (Å²) in [5.41, 5.74) is 2.24. The molecule has 2 N–H and O–H groups in total. The molecule has 5 heteroatoms. The van der Waals surface area contributed by atoms with Gasteiger partial charge in [0.05, 0.1) is 6.54 Å². The summed E-state index contributed by atoms with van der Waals surface area (Å²) in [6, 6.07) is 3.59. The second-order valence-electron chi connectivity index (χ2n) is 4.84. The van der Waals surface area contributed by atoms with Gasteiger partial charge in [0, 0.05) is 26.8 Å². The molecule has 1 amide bonds. The summed E-state index contributed by atoms with van der Waals surface area (Å²) in [4.78, 5) is 11.5. The number of carbonyl (C=O) groups is 1. The summed E-state index contributed by atoms with van der Waals surface area (Å²) >= 11 is 0. The van der Waals surface area contributed by atoms with Crippen molar-refractivity contribution in [3.05, 3.63) is 34.6 Å². The molecule has 0 atom stereocenters. The van der Waals surface area contributed by atoms with Gasteiger partial charge in [0.1, 0.15) is 5.82 Å². The van der Waals surface area contributed by atoms with Crippen molar-refractivity contribution in [1.29, 1.82) is 0 Å². The molecule has 0 saturated carbocycles. The maximum atomic E-state index is 13.5. The number of nitrogens with one attached hydrogen (secondary N) is 2. The zero-order valence-corrected chi connectivity index (χ0v) is 12.4. The zero-order chi connectivity index (χ0) is 15.0. The molecule has 0 heterocycles. The van der Waals surface area contributed by atoms with E-state index in [2.05, 4.69) is 10.6 Å². The third-order valence-electron chi connectivity index (χ3n) is 2.96. The summed E-state index contributed by atoms with van der Waals surface area (Å²) in [6.07, 6.45) is 0.804. The van der Waals surface area contributed by atoms with E-state index in [4.69, 9.17) is 4.74 Å². The Morgan fingerprint density at radius 1 is 1.30 bits per heavy atom. The molecule has 0 bridgehead atoms. The molecule has 0 saturated heterocycles. The number of aryl methyl sites for hydroxylation is 2. The third-order valence-corrected chi connectivity index (χ3v) is 2.96. The van der Waals surface area contributed by atoms with Gasteiger partial charge < -0.3 is 15.4 Å². The molecule has 0 unspecified atom stereocenters. The average Bonchev–Trinajstić information content (AvgIpc) is 2.41. The highest BCUT2D eigenvalue weighted by atomic mass is 19.1. The highest BCUT2D eigenvalue weighted by Crippen LogP contribution is 2.14. The van der Waals surface area contributed by atoms with Crippen molar-refractivity contribution >= 4 is 5.91 Å². The predicted molar refractivity (Wildman–Crippen MR) is 77.1 cm³/mol. The molecule has 0 aromatic heterocycles. The fourth-order valence-electron chi connectivity index (χ4n) is 1.96. The molecule has 1 rings (SSSR count). The first kappa shape index (κ1) is 16.6. The summed E-state index contributed by atoms with van der Waals surface area (Å²) in [5.74, 6) is -0.207. The number of ether oxygens (including phenoxy) is 1. The minimum absolute atomic E-state index is 0.0448. The van der Waals surface area contributed by atoms with Gasteiger partial charge in [-0.05, 0) is 37.0 Å². The Balaban J connectivity index is 2.28. The molecule has 0 aliphatic carbocycles. The minimum Gasteiger partial charge on any atom is -0.385 e. The summed E-state index contributed by atoms with van der Waals surface area (Å²) in [7, 11) is 1.63. The second-order valence-corrected chi connectivity index (χ2v) is 4.84. The number of amides is 1. The van der Waals surface area contributed by atoms with Crippen LogP contribution in [0.1, 0.15) is 23.1 Å². The van der Waals surface area contributed by atoms with Crippen LogP contribution in [0.5, 0.6) is 0 Å². The monoisotopic (exact) mass is 282 g/mol. The van der Waals surface area contributed by atoms with E-state index in [0.717, 1.165) is 12.0 Å². The van der Waals surface area contributed by atoms with E-state index in [-0.39, 0.29) is 18.3 Å². The molecule has 1 aromatic carbocycles. The van der Waals surface area contributed by atoms with Crippen LogP contribution in [0.15, 0.2) is 12.1 Å². The maximum absolute atomic E-state index is 13.5. The van der Waals surface area contributed by atoms with E-state index >= 15 is 0 Å². The summed E-state index contributed by atoms with van der Waals surface area (Å²) < 4.78 is 18.4. The van der Waals surface area contributed by atoms with Crippen LogP contribution in [0.4, 0.5) is 4.39 Å². The Morgan fingerprint density at radius 3 is 2.55 bits per heavy atom. The normalized spacial score (nSPS) is 10.6. The van der Waals surface area contributed by atoms with Gasteiger partial charge in [-0.15, -0.1) is 0 Å². The van der Waals surface area contributed by atoms with Crippen molar-refractivity contribution in [3.8, 4) is 0 Å². The van der Waals surface area contributed by atoms with Crippen molar-refractivity contribution < 1.29 is 13.9 Å². The SMILES string of the molecule is COCCCNC(=O)CNCc1cc(C)c(F)c(C)c1. The number of hydrogen-bond donors (Lipinski definition) is 2. The fraction of sp³-hybridized carbons (Fsp3) is 0.533. The third kappa shape index (κ3) is 5.67. The Morgan fingerprint density at radius 2 is 1.95 bits per heavy atom. The number of hydrogen-bond acceptors (Lipinski definition) is 3. The minimum atomic E-state index is -0.162. The van der Waals surface area contributed by atoms with Gasteiger partial charge in [0.2, 0.25) is 5.91 Å². The van der Waals surface area contributed by atoms with E-state index in [1.54, 1.807) is 33.1 Å². The van der Waals surface area contributed by atoms with Crippen molar-refractivity contribution in [2.45, 2.75) is 26.8 Å². The Labute approximate surface area is 119 Å². The highest BCUT2D eigenvalue weighted by molar-refractivity contribution is 5.77. The van der Waals surface area contributed by atoms with E-state index in [9.17, 15) is 9.18 Å².